The number of benzene rings is 2. The van der Waals surface area contributed by atoms with Gasteiger partial charge < -0.3 is 25.3 Å². The Morgan fingerprint density at radius 2 is 2.03 bits per heavy atom. The zero-order valence-corrected chi connectivity index (χ0v) is 20.7. The Morgan fingerprint density at radius 1 is 1.19 bits per heavy atom. The topological polar surface area (TPSA) is 99.5 Å². The lowest BCUT2D eigenvalue weighted by molar-refractivity contribution is -0.181. The molecule has 8 heteroatoms. The molecule has 3 heterocycles. The zero-order chi connectivity index (χ0) is 24.4. The zero-order valence-electron chi connectivity index (χ0n) is 19.9. The second-order valence-electron chi connectivity index (χ2n) is 11.6. The van der Waals surface area contributed by atoms with Crippen LogP contribution in [0.15, 0.2) is 41.2 Å². The summed E-state index contributed by atoms with van der Waals surface area (Å²) in [6.45, 7) is 0.751. The fourth-order valence-corrected chi connectivity index (χ4v) is 8.66. The second-order valence-corrected chi connectivity index (χ2v) is 12.0. The normalized spacial score (nSPS) is 35.9. The third-order valence-corrected chi connectivity index (χ3v) is 10.2. The van der Waals surface area contributed by atoms with Crippen molar-refractivity contribution < 1.29 is 14.9 Å². The molecule has 1 saturated heterocycles. The molecule has 2 aromatic carbocycles. The van der Waals surface area contributed by atoms with Crippen LogP contribution in [0.2, 0.25) is 0 Å². The SMILES string of the molecule is O=c1c2ccccc2[nH]c(=S)n1[C@@H]1C(CC2CC2)CC2(O)C3Cc4ccc(O)c5c4[C@@]2(CCN3)[C@H]1O5. The van der Waals surface area contributed by atoms with E-state index in [9.17, 15) is 15.0 Å². The molecule has 2 aliphatic heterocycles. The number of aliphatic hydroxyl groups is 1. The molecule has 2 saturated carbocycles. The van der Waals surface area contributed by atoms with E-state index in [1.807, 2.05) is 30.3 Å². The summed E-state index contributed by atoms with van der Waals surface area (Å²) in [6.07, 6.45) is 4.76. The minimum Gasteiger partial charge on any atom is -0.504 e. The van der Waals surface area contributed by atoms with Crippen LogP contribution in [0, 0.1) is 16.6 Å². The van der Waals surface area contributed by atoms with Crippen LogP contribution < -0.4 is 15.6 Å². The van der Waals surface area contributed by atoms with Crippen molar-refractivity contribution >= 4 is 23.1 Å². The van der Waals surface area contributed by atoms with E-state index in [-0.39, 0.29) is 29.3 Å². The van der Waals surface area contributed by atoms with Gasteiger partial charge in [-0.2, -0.15) is 0 Å². The van der Waals surface area contributed by atoms with Gasteiger partial charge in [0, 0.05) is 11.6 Å². The fourth-order valence-electron chi connectivity index (χ4n) is 8.34. The van der Waals surface area contributed by atoms with Gasteiger partial charge in [-0.1, -0.05) is 31.0 Å². The van der Waals surface area contributed by atoms with Crippen LogP contribution in [-0.4, -0.2) is 44.1 Å². The molecular formula is C28H29N3O4S. The first-order chi connectivity index (χ1) is 17.4. The molecule has 6 atom stereocenters. The number of nitrogens with one attached hydrogen (secondary N) is 2. The van der Waals surface area contributed by atoms with Crippen molar-refractivity contribution in [1.29, 1.82) is 0 Å². The second kappa shape index (κ2) is 7.00. The maximum Gasteiger partial charge on any atom is 0.262 e. The average Bonchev–Trinajstić information content (AvgIpc) is 3.59. The number of fused-ring (bicyclic) bond motifs is 1. The van der Waals surface area contributed by atoms with Crippen LogP contribution in [0.5, 0.6) is 11.5 Å². The number of H-pyrrole nitrogens is 1. The molecule has 0 radical (unpaired) electrons. The molecule has 8 rings (SSSR count). The van der Waals surface area contributed by atoms with E-state index >= 15 is 0 Å². The Hall–Kier alpha value is -2.68. The van der Waals surface area contributed by atoms with E-state index in [1.165, 1.54) is 12.8 Å². The molecule has 36 heavy (non-hydrogen) atoms. The van der Waals surface area contributed by atoms with Crippen LogP contribution in [-0.2, 0) is 11.8 Å². The Balaban J connectivity index is 1.42. The van der Waals surface area contributed by atoms with Crippen LogP contribution in [0.1, 0.15) is 49.3 Å². The van der Waals surface area contributed by atoms with Crippen LogP contribution in [0.25, 0.3) is 10.9 Å². The lowest BCUT2D eigenvalue weighted by atomic mass is 9.46. The van der Waals surface area contributed by atoms with Crippen molar-refractivity contribution in [1.82, 2.24) is 14.9 Å². The lowest BCUT2D eigenvalue weighted by Gasteiger charge is -2.63. The maximum atomic E-state index is 14.0. The van der Waals surface area contributed by atoms with Crippen LogP contribution >= 0.6 is 12.2 Å². The van der Waals surface area contributed by atoms with Crippen molar-refractivity contribution in [2.24, 2.45) is 11.8 Å². The highest BCUT2D eigenvalue weighted by Crippen LogP contribution is 2.67. The highest BCUT2D eigenvalue weighted by molar-refractivity contribution is 7.71. The summed E-state index contributed by atoms with van der Waals surface area (Å²) in [5.74, 6) is 1.21. The van der Waals surface area contributed by atoms with Crippen molar-refractivity contribution in [2.45, 2.75) is 67.7 Å². The molecular weight excluding hydrogens is 474 g/mol. The van der Waals surface area contributed by atoms with Gasteiger partial charge in [-0.05, 0) is 80.0 Å². The van der Waals surface area contributed by atoms with E-state index in [0.717, 1.165) is 29.6 Å². The number of phenolic OH excluding ortho intramolecular Hbond substituents is 1. The number of aromatic nitrogens is 2. The van der Waals surface area contributed by atoms with E-state index in [4.69, 9.17) is 17.0 Å². The monoisotopic (exact) mass is 503 g/mol. The predicted octanol–water partition coefficient (Wildman–Crippen LogP) is 3.47. The molecule has 3 aliphatic carbocycles. The third kappa shape index (κ3) is 2.50. The summed E-state index contributed by atoms with van der Waals surface area (Å²) in [5.41, 5.74) is 0.940. The lowest BCUT2D eigenvalue weighted by Crippen LogP contribution is -2.77. The molecule has 1 aromatic heterocycles. The summed E-state index contributed by atoms with van der Waals surface area (Å²) in [5, 5.41) is 27.7. The number of rotatable bonds is 3. The number of aromatic amines is 1. The predicted molar refractivity (Wildman–Crippen MR) is 137 cm³/mol. The van der Waals surface area contributed by atoms with Gasteiger partial charge in [0.1, 0.15) is 6.10 Å². The van der Waals surface area contributed by atoms with Gasteiger partial charge in [-0.25, -0.2) is 0 Å². The van der Waals surface area contributed by atoms with Crippen molar-refractivity contribution in [3.63, 3.8) is 0 Å². The van der Waals surface area contributed by atoms with Gasteiger partial charge in [-0.3, -0.25) is 9.36 Å². The van der Waals surface area contributed by atoms with E-state index in [1.54, 1.807) is 10.6 Å². The van der Waals surface area contributed by atoms with Crippen LogP contribution in [0.3, 0.4) is 0 Å². The number of ether oxygens (including phenoxy) is 1. The highest BCUT2D eigenvalue weighted by Gasteiger charge is 2.73. The number of aromatic hydroxyl groups is 1. The first kappa shape index (κ1) is 21.4. The fraction of sp³-hybridized carbons (Fsp3) is 0.500. The molecule has 2 bridgehead atoms. The van der Waals surface area contributed by atoms with Gasteiger partial charge in [0.25, 0.3) is 5.56 Å². The number of hydrogen-bond acceptors (Lipinski definition) is 6. The van der Waals surface area contributed by atoms with E-state index < -0.39 is 17.1 Å². The van der Waals surface area contributed by atoms with Crippen molar-refractivity contribution in [2.75, 3.05) is 6.54 Å². The number of phenols is 1. The summed E-state index contributed by atoms with van der Waals surface area (Å²) in [7, 11) is 0. The van der Waals surface area contributed by atoms with Gasteiger partial charge >= 0.3 is 0 Å². The minimum atomic E-state index is -1.02. The van der Waals surface area contributed by atoms with E-state index in [0.29, 0.717) is 41.1 Å². The Bertz CT molecular complexity index is 1560. The number of para-hydroxylation sites is 1. The maximum absolute atomic E-state index is 14.0. The number of hydrogen-bond donors (Lipinski definition) is 4. The smallest absolute Gasteiger partial charge is 0.262 e. The summed E-state index contributed by atoms with van der Waals surface area (Å²) < 4.78 is 8.87. The molecule has 0 amide bonds. The average molecular weight is 504 g/mol. The molecule has 7 nitrogen and oxygen atoms in total. The number of piperidine rings is 1. The minimum absolute atomic E-state index is 0.0231. The standard InChI is InChI=1S/C28H29N3O4S/c32-19-8-7-15-12-20-28(34)13-16(11-14-5-6-14)22(24-27(28,9-10-29-20)21(15)23(19)35-24)31-25(33)17-3-1-2-4-18(17)30-26(31)36/h1-4,7-8,14,16,20,22,24,29,32,34H,5-6,9-13H2,(H,30,36)/t16?,20?,22-,24+,27+,28?/m1/s1. The van der Waals surface area contributed by atoms with Gasteiger partial charge in [0.15, 0.2) is 16.3 Å². The van der Waals surface area contributed by atoms with Gasteiger partial charge in [0.2, 0.25) is 0 Å². The molecule has 4 N–H and O–H groups in total. The first-order valence-corrected chi connectivity index (χ1v) is 13.5. The Labute approximate surface area is 213 Å². The highest BCUT2D eigenvalue weighted by atomic mass is 32.1. The van der Waals surface area contributed by atoms with Crippen LogP contribution in [0.4, 0.5) is 0 Å². The summed E-state index contributed by atoms with van der Waals surface area (Å²) in [4.78, 5) is 17.3. The van der Waals surface area contributed by atoms with Gasteiger partial charge in [0.05, 0.1) is 28.0 Å². The van der Waals surface area contributed by atoms with Gasteiger partial charge in [-0.15, -0.1) is 0 Å². The Kier molecular flexibility index (Phi) is 4.16. The molecule has 186 valence electrons. The largest absolute Gasteiger partial charge is 0.504 e. The quantitative estimate of drug-likeness (QED) is 0.409. The number of nitrogens with zero attached hydrogens (tertiary/aromatic N) is 1. The molecule has 3 fully saturated rings. The molecule has 3 unspecified atom stereocenters. The third-order valence-electron chi connectivity index (χ3n) is 9.92. The molecule has 1 spiro atoms. The first-order valence-electron chi connectivity index (χ1n) is 13.1. The molecule has 5 aliphatic rings. The summed E-state index contributed by atoms with van der Waals surface area (Å²) >= 11 is 5.84. The van der Waals surface area contributed by atoms with E-state index in [2.05, 4.69) is 10.3 Å². The Morgan fingerprint density at radius 3 is 2.86 bits per heavy atom. The summed E-state index contributed by atoms with van der Waals surface area (Å²) in [6, 6.07) is 10.7. The van der Waals surface area contributed by atoms with Crippen molar-refractivity contribution in [3.8, 4) is 11.5 Å². The molecule has 3 aromatic rings. The van der Waals surface area contributed by atoms with Crippen molar-refractivity contribution in [3.05, 3.63) is 62.6 Å².